The highest BCUT2D eigenvalue weighted by Gasteiger charge is 2.15. The summed E-state index contributed by atoms with van der Waals surface area (Å²) >= 11 is 0. The first-order chi connectivity index (χ1) is 7.61. The summed E-state index contributed by atoms with van der Waals surface area (Å²) in [5.41, 5.74) is 6.34. The highest BCUT2D eigenvalue weighted by atomic mass is 16.5. The number of nitrogens with two attached hydrogens (primary N) is 1. The van der Waals surface area contributed by atoms with Gasteiger partial charge in [0.2, 0.25) is 5.91 Å². The van der Waals surface area contributed by atoms with Crippen molar-refractivity contribution in [1.82, 2.24) is 0 Å². The molecule has 4 heteroatoms. The third-order valence-electron chi connectivity index (χ3n) is 2.31. The first-order valence-corrected chi connectivity index (χ1v) is 5.39. The number of primary amides is 1. The van der Waals surface area contributed by atoms with E-state index in [0.717, 1.165) is 6.42 Å². The Labute approximate surface area is 95.0 Å². The first kappa shape index (κ1) is 12.4. The molecule has 0 heterocycles. The molecule has 1 aromatic rings. The van der Waals surface area contributed by atoms with Crippen molar-refractivity contribution in [3.8, 4) is 11.5 Å². The van der Waals surface area contributed by atoms with Crippen molar-refractivity contribution in [2.45, 2.75) is 26.7 Å². The van der Waals surface area contributed by atoms with Crippen molar-refractivity contribution in [3.63, 3.8) is 0 Å². The van der Waals surface area contributed by atoms with E-state index in [2.05, 4.69) is 0 Å². The lowest BCUT2D eigenvalue weighted by molar-refractivity contribution is 0.0999. The Hall–Kier alpha value is -1.71. The number of amides is 1. The number of phenols is 1. The molecule has 0 saturated carbocycles. The van der Waals surface area contributed by atoms with E-state index in [9.17, 15) is 9.90 Å². The van der Waals surface area contributed by atoms with E-state index in [1.165, 1.54) is 12.1 Å². The van der Waals surface area contributed by atoms with Gasteiger partial charge in [-0.3, -0.25) is 4.79 Å². The van der Waals surface area contributed by atoms with Crippen LogP contribution in [0.4, 0.5) is 0 Å². The van der Waals surface area contributed by atoms with Crippen LogP contribution >= 0.6 is 0 Å². The van der Waals surface area contributed by atoms with Crippen molar-refractivity contribution in [2.24, 2.45) is 5.73 Å². The number of benzene rings is 1. The van der Waals surface area contributed by atoms with E-state index >= 15 is 0 Å². The zero-order valence-corrected chi connectivity index (χ0v) is 9.62. The lowest BCUT2D eigenvalue weighted by Crippen LogP contribution is -2.14. The molecular formula is C12H17NO3. The Kier molecular flexibility index (Phi) is 4.17. The minimum atomic E-state index is -0.502. The third kappa shape index (κ3) is 2.45. The first-order valence-electron chi connectivity index (χ1n) is 5.39. The molecule has 0 unspecified atom stereocenters. The van der Waals surface area contributed by atoms with E-state index in [1.54, 1.807) is 0 Å². The molecule has 1 aromatic carbocycles. The molecule has 0 fully saturated rings. The maximum Gasteiger partial charge on any atom is 0.249 e. The third-order valence-corrected chi connectivity index (χ3v) is 2.31. The second kappa shape index (κ2) is 5.39. The zero-order valence-electron chi connectivity index (χ0n) is 9.62. The Morgan fingerprint density at radius 2 is 2.12 bits per heavy atom. The van der Waals surface area contributed by atoms with Crippen LogP contribution in [0.25, 0.3) is 0 Å². The fraction of sp³-hybridized carbons (Fsp3) is 0.417. The molecular weight excluding hydrogens is 206 g/mol. The topological polar surface area (TPSA) is 72.6 Å². The predicted molar refractivity (Wildman–Crippen MR) is 61.8 cm³/mol. The van der Waals surface area contributed by atoms with Crippen molar-refractivity contribution in [2.75, 3.05) is 6.61 Å². The largest absolute Gasteiger partial charge is 0.504 e. The Balaban J connectivity index is 3.21. The summed E-state index contributed by atoms with van der Waals surface area (Å²) in [5, 5.41) is 9.68. The number of hydrogen-bond acceptors (Lipinski definition) is 3. The smallest absolute Gasteiger partial charge is 0.249 e. The molecule has 0 radical (unpaired) electrons. The predicted octanol–water partition coefficient (Wildman–Crippen LogP) is 1.84. The van der Waals surface area contributed by atoms with Crippen LogP contribution in [0.1, 0.15) is 36.2 Å². The van der Waals surface area contributed by atoms with Gasteiger partial charge in [0.1, 0.15) is 0 Å². The number of aromatic hydroxyl groups is 1. The molecule has 4 nitrogen and oxygen atoms in total. The van der Waals surface area contributed by atoms with Gasteiger partial charge in [0.15, 0.2) is 11.5 Å². The van der Waals surface area contributed by atoms with Gasteiger partial charge in [0.25, 0.3) is 0 Å². The van der Waals surface area contributed by atoms with E-state index in [0.29, 0.717) is 29.9 Å². The average molecular weight is 223 g/mol. The molecule has 0 atom stereocenters. The maximum absolute atomic E-state index is 11.2. The van der Waals surface area contributed by atoms with Crippen LogP contribution in [0.5, 0.6) is 11.5 Å². The number of carbonyl (C=O) groups is 1. The Morgan fingerprint density at radius 1 is 1.44 bits per heavy atom. The fourth-order valence-corrected chi connectivity index (χ4v) is 1.56. The summed E-state index contributed by atoms with van der Waals surface area (Å²) in [6.45, 7) is 4.36. The van der Waals surface area contributed by atoms with Crippen LogP contribution < -0.4 is 10.5 Å². The van der Waals surface area contributed by atoms with Crippen LogP contribution in [0.15, 0.2) is 12.1 Å². The number of hydrogen-bond donors (Lipinski definition) is 2. The van der Waals surface area contributed by atoms with Crippen LogP contribution in [0.2, 0.25) is 0 Å². The van der Waals surface area contributed by atoms with Gasteiger partial charge in [-0.2, -0.15) is 0 Å². The minimum absolute atomic E-state index is 0.0512. The second-order valence-corrected chi connectivity index (χ2v) is 3.51. The second-order valence-electron chi connectivity index (χ2n) is 3.51. The average Bonchev–Trinajstić information content (AvgIpc) is 2.26. The summed E-state index contributed by atoms with van der Waals surface area (Å²) in [7, 11) is 0. The highest BCUT2D eigenvalue weighted by molar-refractivity contribution is 5.95. The zero-order chi connectivity index (χ0) is 12.1. The van der Waals surface area contributed by atoms with Gasteiger partial charge in [-0.05, 0) is 25.0 Å². The van der Waals surface area contributed by atoms with E-state index in [4.69, 9.17) is 10.5 Å². The van der Waals surface area contributed by atoms with Crippen LogP contribution in [0.3, 0.4) is 0 Å². The molecule has 1 amide bonds. The molecule has 1 rings (SSSR count). The normalized spacial score (nSPS) is 10.1. The Morgan fingerprint density at radius 3 is 2.62 bits per heavy atom. The van der Waals surface area contributed by atoms with Gasteiger partial charge >= 0.3 is 0 Å². The molecule has 0 bridgehead atoms. The van der Waals surface area contributed by atoms with Crippen molar-refractivity contribution >= 4 is 5.91 Å². The van der Waals surface area contributed by atoms with Crippen molar-refractivity contribution in [3.05, 3.63) is 23.3 Å². The molecule has 0 aliphatic heterocycles. The van der Waals surface area contributed by atoms with Crippen molar-refractivity contribution < 1.29 is 14.6 Å². The van der Waals surface area contributed by atoms with E-state index in [-0.39, 0.29) is 5.75 Å². The lowest BCUT2D eigenvalue weighted by Gasteiger charge is -2.14. The van der Waals surface area contributed by atoms with Crippen molar-refractivity contribution in [1.29, 1.82) is 0 Å². The number of ether oxygens (including phenoxy) is 1. The molecule has 0 aromatic heterocycles. The maximum atomic E-state index is 11.2. The number of phenolic OH excluding ortho intramolecular Hbond substituents is 1. The van der Waals surface area contributed by atoms with Gasteiger partial charge < -0.3 is 15.6 Å². The van der Waals surface area contributed by atoms with Gasteiger partial charge in [0.05, 0.1) is 6.61 Å². The molecule has 0 spiro atoms. The van der Waals surface area contributed by atoms with Gasteiger partial charge in [-0.1, -0.05) is 13.8 Å². The van der Waals surface area contributed by atoms with Crippen LogP contribution in [0, 0.1) is 0 Å². The summed E-state index contributed by atoms with van der Waals surface area (Å²) in [6, 6.07) is 2.96. The van der Waals surface area contributed by atoms with Crippen LogP contribution in [-0.4, -0.2) is 17.6 Å². The molecule has 16 heavy (non-hydrogen) atoms. The number of carbonyl (C=O) groups excluding carboxylic acids is 1. The van der Waals surface area contributed by atoms with Crippen LogP contribution in [-0.2, 0) is 6.42 Å². The monoisotopic (exact) mass is 223 g/mol. The molecule has 3 N–H and O–H groups in total. The van der Waals surface area contributed by atoms with E-state index in [1.807, 2.05) is 13.8 Å². The summed E-state index contributed by atoms with van der Waals surface area (Å²) < 4.78 is 5.44. The van der Waals surface area contributed by atoms with Gasteiger partial charge in [-0.15, -0.1) is 0 Å². The lowest BCUT2D eigenvalue weighted by atomic mass is 10.0. The number of rotatable bonds is 5. The summed E-state index contributed by atoms with van der Waals surface area (Å²) in [4.78, 5) is 11.2. The van der Waals surface area contributed by atoms with Gasteiger partial charge in [0, 0.05) is 11.1 Å². The standard InChI is InChI=1S/C12H17NO3/c1-3-7-16-11-8(4-2)9(12(13)15)5-6-10(11)14/h5-6,14H,3-4,7H2,1-2H3,(H2,13,15). The Bertz CT molecular complexity index is 388. The summed E-state index contributed by atoms with van der Waals surface area (Å²) in [6.07, 6.45) is 1.43. The quantitative estimate of drug-likeness (QED) is 0.800. The van der Waals surface area contributed by atoms with E-state index < -0.39 is 5.91 Å². The summed E-state index contributed by atoms with van der Waals surface area (Å²) in [5.74, 6) is -0.0749. The molecule has 88 valence electrons. The SMILES string of the molecule is CCCOc1c(O)ccc(C(N)=O)c1CC. The fourth-order valence-electron chi connectivity index (χ4n) is 1.56. The molecule has 0 aliphatic carbocycles. The minimum Gasteiger partial charge on any atom is -0.504 e. The highest BCUT2D eigenvalue weighted by Crippen LogP contribution is 2.33. The molecule has 0 aliphatic rings. The molecule has 0 saturated heterocycles. The van der Waals surface area contributed by atoms with Gasteiger partial charge in [-0.25, -0.2) is 0 Å².